The van der Waals surface area contributed by atoms with Crippen molar-refractivity contribution < 1.29 is 14.3 Å². The lowest BCUT2D eigenvalue weighted by molar-refractivity contribution is -0.121. The number of amides is 1. The van der Waals surface area contributed by atoms with Crippen LogP contribution in [-0.2, 0) is 4.79 Å². The zero-order valence-corrected chi connectivity index (χ0v) is 19.1. The molecule has 0 bridgehead atoms. The van der Waals surface area contributed by atoms with Crippen LogP contribution in [0, 0.1) is 0 Å². The van der Waals surface area contributed by atoms with Crippen LogP contribution >= 0.6 is 11.6 Å². The lowest BCUT2D eigenvalue weighted by atomic mass is 10.1. The molecule has 2 heterocycles. The minimum absolute atomic E-state index is 0.133. The SMILES string of the molecule is COc1ccccc1N1CCN(CCOc2ccc(C3=NNC(=O)CN3C)cc2Cl)CC1. The van der Waals surface area contributed by atoms with E-state index in [-0.39, 0.29) is 12.5 Å². The van der Waals surface area contributed by atoms with Crippen LogP contribution < -0.4 is 19.8 Å². The van der Waals surface area contributed by atoms with Crippen LogP contribution in [0.15, 0.2) is 47.6 Å². The van der Waals surface area contributed by atoms with E-state index in [1.165, 1.54) is 0 Å². The van der Waals surface area contributed by atoms with Crippen LogP contribution in [0.1, 0.15) is 5.56 Å². The van der Waals surface area contributed by atoms with Gasteiger partial charge >= 0.3 is 0 Å². The van der Waals surface area contributed by atoms with Gasteiger partial charge in [-0.3, -0.25) is 9.69 Å². The number of benzene rings is 2. The van der Waals surface area contributed by atoms with Gasteiger partial charge in [-0.05, 0) is 30.3 Å². The molecule has 2 aliphatic heterocycles. The maximum absolute atomic E-state index is 11.4. The number of rotatable bonds is 7. The summed E-state index contributed by atoms with van der Waals surface area (Å²) in [5.41, 5.74) is 4.48. The number of hydrogen-bond donors (Lipinski definition) is 1. The normalized spacial score (nSPS) is 17.1. The summed E-state index contributed by atoms with van der Waals surface area (Å²) in [6, 6.07) is 13.7. The van der Waals surface area contributed by atoms with E-state index in [0.29, 0.717) is 23.2 Å². The molecular weight excluding hydrogens is 430 g/mol. The third-order valence-electron chi connectivity index (χ3n) is 5.68. The third kappa shape index (κ3) is 5.08. The summed E-state index contributed by atoms with van der Waals surface area (Å²) in [4.78, 5) is 18.0. The Hall–Kier alpha value is -2.97. The number of halogens is 1. The second-order valence-corrected chi connectivity index (χ2v) is 8.23. The van der Waals surface area contributed by atoms with E-state index in [0.717, 1.165) is 49.7 Å². The number of piperazine rings is 1. The molecule has 0 spiro atoms. The average molecular weight is 458 g/mol. The van der Waals surface area contributed by atoms with Crippen LogP contribution in [0.2, 0.25) is 5.02 Å². The first kappa shape index (κ1) is 22.2. The van der Waals surface area contributed by atoms with Gasteiger partial charge in [0.05, 0.1) is 24.4 Å². The first-order valence-electron chi connectivity index (χ1n) is 10.7. The number of carbonyl (C=O) groups is 1. The average Bonchev–Trinajstić information content (AvgIpc) is 2.80. The molecule has 1 saturated heterocycles. The molecule has 4 rings (SSSR count). The van der Waals surface area contributed by atoms with Crippen LogP contribution in [0.4, 0.5) is 5.69 Å². The molecule has 0 atom stereocenters. The molecular formula is C23H28ClN5O3. The van der Waals surface area contributed by atoms with Gasteiger partial charge in [-0.2, -0.15) is 5.10 Å². The number of methoxy groups -OCH3 is 1. The Labute approximate surface area is 193 Å². The Bertz CT molecular complexity index is 991. The number of carbonyl (C=O) groups excluding carboxylic acids is 1. The van der Waals surface area contributed by atoms with Gasteiger partial charge in [0.2, 0.25) is 0 Å². The summed E-state index contributed by atoms with van der Waals surface area (Å²) in [7, 11) is 3.53. The highest BCUT2D eigenvalue weighted by Crippen LogP contribution is 2.29. The predicted molar refractivity (Wildman–Crippen MR) is 126 cm³/mol. The predicted octanol–water partition coefficient (Wildman–Crippen LogP) is 2.27. The van der Waals surface area contributed by atoms with Crippen molar-refractivity contribution in [1.82, 2.24) is 15.2 Å². The number of hydrogen-bond acceptors (Lipinski definition) is 7. The molecule has 0 aliphatic carbocycles. The Morgan fingerprint density at radius 2 is 1.88 bits per heavy atom. The fraction of sp³-hybridized carbons (Fsp3) is 0.391. The van der Waals surface area contributed by atoms with Crippen molar-refractivity contribution in [2.45, 2.75) is 0 Å². The Kier molecular flexibility index (Phi) is 7.02. The standard InChI is InChI=1S/C23H28ClN5O3/c1-27-16-22(30)25-26-23(27)17-7-8-20(18(24)15-17)32-14-13-28-9-11-29(12-10-28)19-5-3-4-6-21(19)31-2/h3-8,15H,9-14,16H2,1-2H3,(H,25,30). The molecule has 32 heavy (non-hydrogen) atoms. The molecule has 8 nitrogen and oxygen atoms in total. The molecule has 2 aromatic carbocycles. The van der Waals surface area contributed by atoms with Gasteiger partial charge in [-0.15, -0.1) is 0 Å². The second kappa shape index (κ2) is 10.1. The molecule has 0 radical (unpaired) electrons. The first-order chi connectivity index (χ1) is 15.5. The maximum atomic E-state index is 11.4. The van der Waals surface area contributed by atoms with Crippen molar-refractivity contribution in [2.75, 3.05) is 64.9 Å². The van der Waals surface area contributed by atoms with Crippen LogP contribution in [0.25, 0.3) is 0 Å². The fourth-order valence-electron chi connectivity index (χ4n) is 3.96. The monoisotopic (exact) mass is 457 g/mol. The molecule has 2 aliphatic rings. The van der Waals surface area contributed by atoms with Crippen LogP contribution in [-0.4, -0.2) is 81.6 Å². The summed E-state index contributed by atoms with van der Waals surface area (Å²) in [6.07, 6.45) is 0. The van der Waals surface area contributed by atoms with E-state index in [1.807, 2.05) is 43.4 Å². The highest BCUT2D eigenvalue weighted by Gasteiger charge is 2.21. The van der Waals surface area contributed by atoms with Crippen molar-refractivity contribution >= 4 is 29.0 Å². The maximum Gasteiger partial charge on any atom is 0.259 e. The van der Waals surface area contributed by atoms with Gasteiger partial charge < -0.3 is 19.3 Å². The van der Waals surface area contributed by atoms with E-state index >= 15 is 0 Å². The van der Waals surface area contributed by atoms with E-state index in [2.05, 4.69) is 26.4 Å². The zero-order chi connectivity index (χ0) is 22.5. The van der Waals surface area contributed by atoms with E-state index in [9.17, 15) is 4.79 Å². The highest BCUT2D eigenvalue weighted by atomic mass is 35.5. The minimum atomic E-state index is -0.133. The molecule has 0 unspecified atom stereocenters. The Morgan fingerprint density at radius 1 is 1.09 bits per heavy atom. The molecule has 2 aromatic rings. The van der Waals surface area contributed by atoms with Gasteiger partial charge in [0, 0.05) is 45.3 Å². The topological polar surface area (TPSA) is 69.6 Å². The van der Waals surface area contributed by atoms with E-state index < -0.39 is 0 Å². The van der Waals surface area contributed by atoms with E-state index in [4.69, 9.17) is 21.1 Å². The van der Waals surface area contributed by atoms with Crippen molar-refractivity contribution in [1.29, 1.82) is 0 Å². The van der Waals surface area contributed by atoms with Crippen molar-refractivity contribution in [3.05, 3.63) is 53.1 Å². The second-order valence-electron chi connectivity index (χ2n) is 7.82. The molecule has 1 amide bonds. The number of nitrogens with one attached hydrogen (secondary N) is 1. The van der Waals surface area contributed by atoms with Crippen molar-refractivity contribution in [3.63, 3.8) is 0 Å². The Morgan fingerprint density at radius 3 is 2.59 bits per heavy atom. The van der Waals surface area contributed by atoms with Gasteiger partial charge in [0.1, 0.15) is 18.1 Å². The summed E-state index contributed by atoms with van der Waals surface area (Å²) in [6.45, 7) is 5.48. The summed E-state index contributed by atoms with van der Waals surface area (Å²) >= 11 is 6.44. The first-order valence-corrected chi connectivity index (χ1v) is 11.0. The number of amidine groups is 1. The van der Waals surface area contributed by atoms with Crippen LogP contribution in [0.5, 0.6) is 11.5 Å². The fourth-order valence-corrected chi connectivity index (χ4v) is 4.19. The molecule has 0 aromatic heterocycles. The molecule has 1 N–H and O–H groups in total. The highest BCUT2D eigenvalue weighted by molar-refractivity contribution is 6.32. The molecule has 1 fully saturated rings. The van der Waals surface area contributed by atoms with Gasteiger partial charge in [0.15, 0.2) is 5.84 Å². The molecule has 0 saturated carbocycles. The molecule has 170 valence electrons. The summed E-state index contributed by atoms with van der Waals surface area (Å²) in [5, 5.41) is 4.64. The number of likely N-dealkylation sites (N-methyl/N-ethyl adjacent to an activating group) is 1. The Balaban J connectivity index is 1.27. The van der Waals surface area contributed by atoms with E-state index in [1.54, 1.807) is 12.0 Å². The van der Waals surface area contributed by atoms with Gasteiger partial charge in [-0.1, -0.05) is 23.7 Å². The minimum Gasteiger partial charge on any atom is -0.495 e. The zero-order valence-electron chi connectivity index (χ0n) is 18.4. The lowest BCUT2D eigenvalue weighted by Gasteiger charge is -2.36. The summed E-state index contributed by atoms with van der Waals surface area (Å²) < 4.78 is 11.4. The van der Waals surface area contributed by atoms with Crippen molar-refractivity contribution in [3.8, 4) is 11.5 Å². The van der Waals surface area contributed by atoms with Crippen LogP contribution in [0.3, 0.4) is 0 Å². The quantitative estimate of drug-likeness (QED) is 0.688. The number of ether oxygens (including phenoxy) is 2. The number of anilines is 1. The van der Waals surface area contributed by atoms with Crippen molar-refractivity contribution in [2.24, 2.45) is 5.10 Å². The van der Waals surface area contributed by atoms with Gasteiger partial charge in [0.25, 0.3) is 5.91 Å². The lowest BCUT2D eigenvalue weighted by Crippen LogP contribution is -2.47. The van der Waals surface area contributed by atoms with Gasteiger partial charge in [-0.25, -0.2) is 5.43 Å². The summed E-state index contributed by atoms with van der Waals surface area (Å²) in [5.74, 6) is 2.10. The third-order valence-corrected chi connectivity index (χ3v) is 5.98. The smallest absolute Gasteiger partial charge is 0.259 e. The number of para-hydroxylation sites is 2. The molecule has 9 heteroatoms. The number of hydrazone groups is 1. The largest absolute Gasteiger partial charge is 0.495 e. The number of nitrogens with zero attached hydrogens (tertiary/aromatic N) is 4.